The van der Waals surface area contributed by atoms with E-state index in [0.29, 0.717) is 20.9 Å². The van der Waals surface area contributed by atoms with Gasteiger partial charge in [0, 0.05) is 10.6 Å². The molecule has 0 unspecified atom stereocenters. The maximum absolute atomic E-state index is 13.3. The number of anilines is 1. The van der Waals surface area contributed by atoms with Crippen molar-refractivity contribution in [1.82, 2.24) is 0 Å². The highest BCUT2D eigenvalue weighted by atomic mass is 79.9. The summed E-state index contributed by atoms with van der Waals surface area (Å²) in [6.45, 7) is 0. The molecule has 0 bridgehead atoms. The molecule has 0 aromatic heterocycles. The first kappa shape index (κ1) is 13.7. The molecule has 5 heteroatoms. The first-order valence-electron chi connectivity index (χ1n) is 5.18. The molecule has 0 fully saturated rings. The molecule has 0 spiro atoms. The zero-order valence-corrected chi connectivity index (χ0v) is 12.4. The van der Waals surface area contributed by atoms with Crippen molar-refractivity contribution in [2.24, 2.45) is 0 Å². The third-order valence-corrected chi connectivity index (χ3v) is 4.66. The van der Waals surface area contributed by atoms with Crippen LogP contribution in [0, 0.1) is 5.82 Å². The van der Waals surface area contributed by atoms with Crippen molar-refractivity contribution >= 4 is 45.0 Å². The number of benzene rings is 2. The maximum Gasteiger partial charge on any atom is 0.137 e. The minimum atomic E-state index is -0.247. The Bertz CT molecular complexity index is 577. The Labute approximate surface area is 123 Å². The molecule has 2 rings (SSSR count). The van der Waals surface area contributed by atoms with E-state index < -0.39 is 0 Å². The summed E-state index contributed by atoms with van der Waals surface area (Å²) >= 11 is 10.8. The molecule has 0 atom stereocenters. The third-order valence-electron chi connectivity index (χ3n) is 2.40. The summed E-state index contributed by atoms with van der Waals surface area (Å²) in [5.41, 5.74) is 7.11. The van der Waals surface area contributed by atoms with Crippen molar-refractivity contribution in [3.63, 3.8) is 0 Å². The molecule has 0 aliphatic heterocycles. The van der Waals surface area contributed by atoms with E-state index in [2.05, 4.69) is 15.9 Å². The normalized spacial score (nSPS) is 10.6. The first-order chi connectivity index (χ1) is 8.58. The van der Waals surface area contributed by atoms with Gasteiger partial charge in [-0.1, -0.05) is 23.7 Å². The van der Waals surface area contributed by atoms with Crippen LogP contribution >= 0.6 is 39.3 Å². The van der Waals surface area contributed by atoms with Crippen LogP contribution in [0.25, 0.3) is 0 Å². The molecule has 0 heterocycles. The fraction of sp³-hybridized carbons (Fsp3) is 0.0769. The predicted octanol–water partition coefficient (Wildman–Crippen LogP) is 5.12. The van der Waals surface area contributed by atoms with Crippen molar-refractivity contribution in [3.05, 3.63) is 57.3 Å². The number of nitrogens with two attached hydrogens (primary N) is 1. The second-order valence-corrected chi connectivity index (χ2v) is 5.93. The van der Waals surface area contributed by atoms with E-state index in [1.165, 1.54) is 6.07 Å². The molecule has 0 aliphatic rings. The molecule has 0 saturated heterocycles. The molecule has 0 amide bonds. The highest BCUT2D eigenvalue weighted by Crippen LogP contribution is 2.31. The number of halogens is 3. The lowest BCUT2D eigenvalue weighted by Crippen LogP contribution is -1.88. The lowest BCUT2D eigenvalue weighted by molar-refractivity contribution is 0.619. The van der Waals surface area contributed by atoms with Gasteiger partial charge in [0.15, 0.2) is 0 Å². The monoisotopic (exact) mass is 345 g/mol. The van der Waals surface area contributed by atoms with Crippen LogP contribution in [0.3, 0.4) is 0 Å². The summed E-state index contributed by atoms with van der Waals surface area (Å²) < 4.78 is 13.8. The summed E-state index contributed by atoms with van der Waals surface area (Å²) in [7, 11) is 0. The molecule has 0 saturated carbocycles. The lowest BCUT2D eigenvalue weighted by atomic mass is 10.2. The van der Waals surface area contributed by atoms with Crippen LogP contribution in [-0.4, -0.2) is 0 Å². The number of rotatable bonds is 3. The third kappa shape index (κ3) is 3.19. The van der Waals surface area contributed by atoms with Crippen LogP contribution in [0.5, 0.6) is 0 Å². The van der Waals surface area contributed by atoms with E-state index in [9.17, 15) is 4.39 Å². The Morgan fingerprint density at radius 2 is 2.06 bits per heavy atom. The Morgan fingerprint density at radius 3 is 2.78 bits per heavy atom. The predicted molar refractivity (Wildman–Crippen MR) is 79.5 cm³/mol. The number of nitrogen functional groups attached to an aromatic ring is 1. The van der Waals surface area contributed by atoms with E-state index in [1.54, 1.807) is 23.9 Å². The van der Waals surface area contributed by atoms with Gasteiger partial charge < -0.3 is 5.73 Å². The molecule has 0 aliphatic carbocycles. The summed E-state index contributed by atoms with van der Waals surface area (Å²) in [5.74, 6) is 0.418. The molecule has 94 valence electrons. The minimum absolute atomic E-state index is 0.247. The van der Waals surface area contributed by atoms with Crippen molar-refractivity contribution < 1.29 is 4.39 Å². The fourth-order valence-electron chi connectivity index (χ4n) is 1.42. The molecular weight excluding hydrogens is 337 g/mol. The average molecular weight is 347 g/mol. The van der Waals surface area contributed by atoms with Crippen LogP contribution in [0.4, 0.5) is 10.1 Å². The molecular formula is C13H10BrClFNS. The van der Waals surface area contributed by atoms with Crippen molar-refractivity contribution in [2.45, 2.75) is 10.6 Å². The van der Waals surface area contributed by atoms with Crippen LogP contribution in [0.2, 0.25) is 5.02 Å². The summed E-state index contributed by atoms with van der Waals surface area (Å²) in [6.07, 6.45) is 0. The van der Waals surface area contributed by atoms with Gasteiger partial charge in [-0.2, -0.15) is 0 Å². The van der Waals surface area contributed by atoms with E-state index in [4.69, 9.17) is 17.3 Å². The molecule has 0 radical (unpaired) electrons. The SMILES string of the molecule is Nc1ccc(SCc2cccc(F)c2Br)cc1Cl. The number of hydrogen-bond donors (Lipinski definition) is 1. The van der Waals surface area contributed by atoms with Crippen molar-refractivity contribution in [3.8, 4) is 0 Å². The van der Waals surface area contributed by atoms with Gasteiger partial charge in [0.25, 0.3) is 0 Å². The molecule has 2 N–H and O–H groups in total. The summed E-state index contributed by atoms with van der Waals surface area (Å²) in [6, 6.07) is 10.5. The smallest absolute Gasteiger partial charge is 0.137 e. The largest absolute Gasteiger partial charge is 0.398 e. The van der Waals surface area contributed by atoms with Crippen LogP contribution in [0.1, 0.15) is 5.56 Å². The summed E-state index contributed by atoms with van der Waals surface area (Å²) in [4.78, 5) is 1.00. The topological polar surface area (TPSA) is 26.0 Å². The minimum Gasteiger partial charge on any atom is -0.398 e. The Balaban J connectivity index is 2.11. The Morgan fingerprint density at radius 1 is 1.28 bits per heavy atom. The fourth-order valence-corrected chi connectivity index (χ4v) is 3.18. The van der Waals surface area contributed by atoms with E-state index in [0.717, 1.165) is 10.5 Å². The van der Waals surface area contributed by atoms with E-state index >= 15 is 0 Å². The molecule has 2 aromatic rings. The van der Waals surface area contributed by atoms with E-state index in [-0.39, 0.29) is 5.82 Å². The molecule has 1 nitrogen and oxygen atoms in total. The highest BCUT2D eigenvalue weighted by molar-refractivity contribution is 9.10. The van der Waals surface area contributed by atoms with Gasteiger partial charge in [-0.25, -0.2) is 4.39 Å². The Kier molecular flexibility index (Phi) is 4.54. The van der Waals surface area contributed by atoms with Gasteiger partial charge in [0.2, 0.25) is 0 Å². The van der Waals surface area contributed by atoms with Gasteiger partial charge in [-0.05, 0) is 45.8 Å². The van der Waals surface area contributed by atoms with Gasteiger partial charge in [-0.15, -0.1) is 11.8 Å². The number of hydrogen-bond acceptors (Lipinski definition) is 2. The van der Waals surface area contributed by atoms with Crippen LogP contribution in [0.15, 0.2) is 45.8 Å². The quantitative estimate of drug-likeness (QED) is 0.617. The Hall–Kier alpha value is -0.710. The van der Waals surface area contributed by atoms with Crippen molar-refractivity contribution in [1.29, 1.82) is 0 Å². The highest BCUT2D eigenvalue weighted by Gasteiger charge is 2.06. The first-order valence-corrected chi connectivity index (χ1v) is 7.34. The van der Waals surface area contributed by atoms with Gasteiger partial charge in [-0.3, -0.25) is 0 Å². The van der Waals surface area contributed by atoms with Gasteiger partial charge in [0.1, 0.15) is 5.82 Å². The van der Waals surface area contributed by atoms with E-state index in [1.807, 2.05) is 18.2 Å². The van der Waals surface area contributed by atoms with Crippen LogP contribution in [-0.2, 0) is 5.75 Å². The maximum atomic E-state index is 13.3. The second-order valence-electron chi connectivity index (χ2n) is 3.68. The number of thioether (sulfide) groups is 1. The zero-order chi connectivity index (χ0) is 13.1. The average Bonchev–Trinajstić information content (AvgIpc) is 2.35. The van der Waals surface area contributed by atoms with Gasteiger partial charge in [0.05, 0.1) is 15.2 Å². The summed E-state index contributed by atoms with van der Waals surface area (Å²) in [5, 5.41) is 0.540. The zero-order valence-electron chi connectivity index (χ0n) is 9.29. The van der Waals surface area contributed by atoms with Gasteiger partial charge >= 0.3 is 0 Å². The second kappa shape index (κ2) is 5.95. The van der Waals surface area contributed by atoms with Crippen LogP contribution < -0.4 is 5.73 Å². The standard InChI is InChI=1S/C13H10BrClFNS/c14-13-8(2-1-3-11(13)16)7-18-9-4-5-12(17)10(15)6-9/h1-6H,7,17H2. The molecule has 2 aromatic carbocycles. The van der Waals surface area contributed by atoms with Crippen molar-refractivity contribution in [2.75, 3.05) is 5.73 Å². The molecule has 18 heavy (non-hydrogen) atoms. The lowest BCUT2D eigenvalue weighted by Gasteiger charge is -2.06.